The highest BCUT2D eigenvalue weighted by atomic mass is 28.4. The number of anilines is 1. The summed E-state index contributed by atoms with van der Waals surface area (Å²) in [4.78, 5) is 24.1. The fourth-order valence-corrected chi connectivity index (χ4v) is 20.6. The normalized spacial score (nSPS) is 19.4. The number of fused-ring (bicyclic) bond motifs is 2. The number of aliphatic hydroxyl groups is 2. The van der Waals surface area contributed by atoms with Crippen LogP contribution in [0.4, 0.5) is 11.6 Å². The van der Waals surface area contributed by atoms with Gasteiger partial charge in [-0.1, -0.05) is 200 Å². The number of nitrogens with zero attached hydrogens (tertiary/aromatic N) is 8. The highest BCUT2D eigenvalue weighted by molar-refractivity contribution is 7.00. The molecule has 4 aromatic carbocycles. The Kier molecular flexibility index (Phi) is 18.4. The lowest BCUT2D eigenvalue weighted by molar-refractivity contribution is -0.0397. The quantitative estimate of drug-likeness (QED) is 0.0409. The van der Waals surface area contributed by atoms with E-state index in [4.69, 9.17) is 24.1 Å². The van der Waals surface area contributed by atoms with Gasteiger partial charge in [0, 0.05) is 52.2 Å². The molecule has 4 N–H and O–H groups in total. The average Bonchev–Trinajstić information content (AvgIpc) is 2.61. The van der Waals surface area contributed by atoms with Gasteiger partial charge in [0.05, 0.1) is 53.7 Å². The van der Waals surface area contributed by atoms with Gasteiger partial charge < -0.3 is 48.3 Å². The van der Waals surface area contributed by atoms with E-state index in [9.17, 15) is 10.2 Å². The van der Waals surface area contributed by atoms with E-state index >= 15 is 0 Å². The van der Waals surface area contributed by atoms with E-state index in [0.29, 0.717) is 41.2 Å². The Bertz CT molecular complexity index is 3500. The van der Waals surface area contributed by atoms with Crippen molar-refractivity contribution >= 4 is 77.4 Å². The minimum Gasteiger partial charge on any atom is -0.405 e. The number of rotatable bonds is 14. The third-order valence-corrected chi connectivity index (χ3v) is 25.2. The number of nitrogens with two attached hydrogens (primary N) is 1. The first-order valence-corrected chi connectivity index (χ1v) is 32.0. The third kappa shape index (κ3) is 12.1. The number of aromatic nitrogens is 6. The largest absolute Gasteiger partial charge is 0.405 e. The second kappa shape index (κ2) is 25.5. The molecule has 0 aliphatic carbocycles. The maximum absolute atomic E-state index is 11.3. The van der Waals surface area contributed by atoms with Crippen molar-refractivity contribution in [1.29, 1.82) is 0 Å². The SMILES string of the molecule is CCC#Cc1cn(C2CC(O)C(CO[Si](c3ccccc3)(c3ccccc3)C(C)(C)C)O2)c2ncnc(N)c12.CCC#Cc1cn(C2CC(O)C(CO[Si](c3ccccc3)(c3ccccc3)C(C)(C)C)O2)c2ncnc(N=CN(C)C)c12. The Morgan fingerprint density at radius 1 is 0.610 bits per heavy atom. The van der Waals surface area contributed by atoms with Crippen molar-refractivity contribution in [1.82, 2.24) is 34.0 Å². The van der Waals surface area contributed by atoms with Crippen molar-refractivity contribution in [2.75, 3.05) is 33.0 Å². The molecule has 2 saturated heterocycles. The molecule has 15 nitrogen and oxygen atoms in total. The van der Waals surface area contributed by atoms with Gasteiger partial charge in [0.1, 0.15) is 54.4 Å². The number of aliphatic hydroxyl groups excluding tert-OH is 2. The van der Waals surface area contributed by atoms with Gasteiger partial charge >= 0.3 is 0 Å². The van der Waals surface area contributed by atoms with Crippen molar-refractivity contribution in [2.45, 2.75) is 128 Å². The van der Waals surface area contributed by atoms with E-state index in [1.54, 1.807) is 6.34 Å². The smallest absolute Gasteiger partial charge is 0.261 e. The lowest BCUT2D eigenvalue weighted by atomic mass is 10.2. The zero-order chi connectivity index (χ0) is 58.2. The number of benzene rings is 4. The Labute approximate surface area is 484 Å². The Morgan fingerprint density at radius 2 is 0.988 bits per heavy atom. The van der Waals surface area contributed by atoms with Gasteiger partial charge in [0.2, 0.25) is 0 Å². The number of nitrogen functional groups attached to an aromatic ring is 1. The molecule has 2 aliphatic rings. The van der Waals surface area contributed by atoms with Crippen LogP contribution in [0.5, 0.6) is 0 Å². The van der Waals surface area contributed by atoms with Crippen LogP contribution < -0.4 is 26.5 Å². The summed E-state index contributed by atoms with van der Waals surface area (Å²) in [5.74, 6) is 13.6. The second-order valence-electron chi connectivity index (χ2n) is 23.1. The molecule has 2 aliphatic heterocycles. The number of hydrogen-bond acceptors (Lipinski definition) is 12. The molecule has 0 spiro atoms. The van der Waals surface area contributed by atoms with Crippen LogP contribution in [-0.4, -0.2) is 119 Å². The van der Waals surface area contributed by atoms with Crippen LogP contribution in [0.25, 0.3) is 22.1 Å². The average molecular weight is 1140 g/mol. The predicted octanol–water partition coefficient (Wildman–Crippen LogP) is 8.64. The molecule has 10 rings (SSSR count). The molecule has 0 amide bonds. The molecular formula is C65H77N9O6Si2. The monoisotopic (exact) mass is 1140 g/mol. The van der Waals surface area contributed by atoms with Gasteiger partial charge in [-0.3, -0.25) is 0 Å². The lowest BCUT2D eigenvalue weighted by Crippen LogP contribution is -2.67. The van der Waals surface area contributed by atoms with Gasteiger partial charge in [-0.05, 0) is 30.8 Å². The van der Waals surface area contributed by atoms with Crippen molar-refractivity contribution in [3.05, 3.63) is 158 Å². The number of hydrogen-bond donors (Lipinski definition) is 3. The standard InChI is InChI=1S/C34H41N5O3Si.C31H36N4O3Si/c1-7-8-15-25-21-39(33-31(25)32(35-23-36-33)37-24-38(5)6)30-20-28(40)29(42-30)22-41-43(34(2,3)4,26-16-11-9-12-17-26)27-18-13-10-14-19-27;1-5-6-13-22-19-35(30-28(22)29(32)33-21-34-30)27-18-25(36)26(38-27)20-37-39(31(2,3)4,23-14-9-7-10-15-23)24-16-11-8-12-17-24/h9-14,16-19,21,23-24,28-30,40H,7,20,22H2,1-6H3;7-12,14-17,19,21,25-27,36H,5,18,20H2,1-4H3,(H2,32,33,34). The van der Waals surface area contributed by atoms with Crippen molar-refractivity contribution < 1.29 is 28.5 Å². The number of ether oxygens (including phenoxy) is 2. The zero-order valence-corrected chi connectivity index (χ0v) is 50.8. The topological polar surface area (TPSA) is 180 Å². The summed E-state index contributed by atoms with van der Waals surface area (Å²) in [5, 5.41) is 28.3. The molecule has 4 aromatic heterocycles. The summed E-state index contributed by atoms with van der Waals surface area (Å²) in [6.07, 6.45) is 7.47. The predicted molar refractivity (Wildman–Crippen MR) is 332 cm³/mol. The van der Waals surface area contributed by atoms with E-state index in [0.717, 1.165) is 29.4 Å². The molecule has 0 saturated carbocycles. The summed E-state index contributed by atoms with van der Waals surface area (Å²) in [6.45, 7) is 18.0. The first kappa shape index (κ1) is 59.3. The van der Waals surface area contributed by atoms with Gasteiger partial charge in [-0.25, -0.2) is 24.9 Å². The van der Waals surface area contributed by atoms with Crippen molar-refractivity contribution in [3.63, 3.8) is 0 Å². The van der Waals surface area contributed by atoms with Gasteiger partial charge in [0.25, 0.3) is 16.6 Å². The highest BCUT2D eigenvalue weighted by Gasteiger charge is 2.53. The molecule has 6 atom stereocenters. The van der Waals surface area contributed by atoms with E-state index in [-0.39, 0.29) is 23.3 Å². The van der Waals surface area contributed by atoms with Crippen molar-refractivity contribution in [3.8, 4) is 23.7 Å². The molecule has 2 fully saturated rings. The first-order valence-electron chi connectivity index (χ1n) is 28.2. The lowest BCUT2D eigenvalue weighted by Gasteiger charge is -2.43. The Morgan fingerprint density at radius 3 is 1.37 bits per heavy atom. The van der Waals surface area contributed by atoms with Gasteiger partial charge in [-0.2, -0.15) is 0 Å². The molecule has 0 radical (unpaired) electrons. The van der Waals surface area contributed by atoms with E-state index in [1.165, 1.54) is 33.4 Å². The van der Waals surface area contributed by atoms with Crippen molar-refractivity contribution in [2.24, 2.45) is 4.99 Å². The Balaban J connectivity index is 0.000000198. The van der Waals surface area contributed by atoms with Gasteiger partial charge in [-0.15, -0.1) is 0 Å². The maximum atomic E-state index is 11.3. The summed E-state index contributed by atoms with van der Waals surface area (Å²) in [6, 6.07) is 42.0. The minimum absolute atomic E-state index is 0.170. The molecule has 8 aromatic rings. The fraction of sp³-hybridized carbons (Fsp3) is 0.369. The highest BCUT2D eigenvalue weighted by Crippen LogP contribution is 2.41. The van der Waals surface area contributed by atoms with E-state index in [1.807, 2.05) is 78.6 Å². The summed E-state index contributed by atoms with van der Waals surface area (Å²) in [5.41, 5.74) is 9.07. The summed E-state index contributed by atoms with van der Waals surface area (Å²) < 4.78 is 31.0. The minimum atomic E-state index is -2.78. The molecule has 0 bridgehead atoms. The molecular weight excluding hydrogens is 1060 g/mol. The third-order valence-electron chi connectivity index (χ3n) is 15.2. The van der Waals surface area contributed by atoms with Crippen LogP contribution in [0.3, 0.4) is 0 Å². The molecule has 82 heavy (non-hydrogen) atoms. The second-order valence-corrected chi connectivity index (χ2v) is 31.7. The van der Waals surface area contributed by atoms with Crippen LogP contribution in [0.15, 0.2) is 151 Å². The van der Waals surface area contributed by atoms with Crippen LogP contribution in [0.1, 0.15) is 105 Å². The fourth-order valence-electron chi connectivity index (χ4n) is 11.5. The maximum Gasteiger partial charge on any atom is 0.261 e. The summed E-state index contributed by atoms with van der Waals surface area (Å²) >= 11 is 0. The van der Waals surface area contributed by atoms with Crippen LogP contribution in [0, 0.1) is 23.7 Å². The molecule has 17 heteroatoms. The van der Waals surface area contributed by atoms with Crippen LogP contribution >= 0.6 is 0 Å². The molecule has 6 unspecified atom stereocenters. The first-order chi connectivity index (χ1) is 39.4. The molecule has 426 valence electrons. The Hall–Kier alpha value is -7.30. The molecule has 6 heterocycles. The zero-order valence-electron chi connectivity index (χ0n) is 48.8. The van der Waals surface area contributed by atoms with E-state index < -0.39 is 53.5 Å². The van der Waals surface area contributed by atoms with Crippen LogP contribution in [-0.2, 0) is 18.3 Å². The van der Waals surface area contributed by atoms with Crippen LogP contribution in [0.2, 0.25) is 10.1 Å². The van der Waals surface area contributed by atoms with E-state index in [2.05, 4.69) is 187 Å². The number of aliphatic imine (C=N–C) groups is 1. The summed E-state index contributed by atoms with van der Waals surface area (Å²) in [7, 11) is -1.73. The van der Waals surface area contributed by atoms with Gasteiger partial charge in [0.15, 0.2) is 5.82 Å².